The Bertz CT molecular complexity index is 565. The van der Waals surface area contributed by atoms with Gasteiger partial charge in [0.1, 0.15) is 0 Å². The smallest absolute Gasteiger partial charge is 0.246 e. The number of hydrogen-bond acceptors (Lipinski definition) is 3. The van der Waals surface area contributed by atoms with Gasteiger partial charge in [-0.05, 0) is 36.0 Å². The van der Waals surface area contributed by atoms with Crippen LogP contribution in [0.25, 0.3) is 6.08 Å². The van der Waals surface area contributed by atoms with Gasteiger partial charge in [-0.1, -0.05) is 38.1 Å². The third-order valence-corrected chi connectivity index (χ3v) is 4.91. The van der Waals surface area contributed by atoms with Crippen molar-refractivity contribution in [3.05, 3.63) is 41.5 Å². The Morgan fingerprint density at radius 1 is 1.12 bits per heavy atom. The minimum absolute atomic E-state index is 0.0581. The molecule has 0 radical (unpaired) electrons. The van der Waals surface area contributed by atoms with Gasteiger partial charge in [-0.15, -0.1) is 0 Å². The van der Waals surface area contributed by atoms with E-state index in [-0.39, 0.29) is 12.2 Å². The van der Waals surface area contributed by atoms with Crippen molar-refractivity contribution >= 4 is 12.0 Å². The summed E-state index contributed by atoms with van der Waals surface area (Å²) in [5.41, 5.74) is 2.38. The van der Waals surface area contributed by atoms with E-state index in [1.165, 1.54) is 5.56 Å². The standard InChI is InChI=1S/C20H27NO3/c1-15(2)17-6-3-16(4-7-17)5-8-19(22)21-11-9-18(10-12-21)20-23-13-14-24-20/h3-8,15,18,20H,9-14H2,1-2H3/b8-5+. The van der Waals surface area contributed by atoms with Crippen LogP contribution in [0.15, 0.2) is 30.3 Å². The summed E-state index contributed by atoms with van der Waals surface area (Å²) in [6.07, 6.45) is 5.44. The topological polar surface area (TPSA) is 38.8 Å². The van der Waals surface area contributed by atoms with Crippen LogP contribution in [0.5, 0.6) is 0 Å². The number of rotatable bonds is 4. The third-order valence-electron chi connectivity index (χ3n) is 4.91. The highest BCUT2D eigenvalue weighted by molar-refractivity contribution is 5.91. The molecular weight excluding hydrogens is 302 g/mol. The molecule has 0 aliphatic carbocycles. The van der Waals surface area contributed by atoms with Gasteiger partial charge < -0.3 is 14.4 Å². The molecule has 2 fully saturated rings. The number of piperidine rings is 1. The maximum atomic E-state index is 12.4. The molecule has 0 bridgehead atoms. The molecule has 3 rings (SSSR count). The van der Waals surface area contributed by atoms with Gasteiger partial charge in [-0.25, -0.2) is 0 Å². The number of nitrogens with zero attached hydrogens (tertiary/aromatic N) is 1. The monoisotopic (exact) mass is 329 g/mol. The molecule has 130 valence electrons. The number of benzene rings is 1. The third kappa shape index (κ3) is 4.25. The van der Waals surface area contributed by atoms with E-state index in [0.29, 0.717) is 25.0 Å². The van der Waals surface area contributed by atoms with Gasteiger partial charge in [0, 0.05) is 25.1 Å². The van der Waals surface area contributed by atoms with Crippen molar-refractivity contribution in [3.8, 4) is 0 Å². The minimum atomic E-state index is -0.0581. The van der Waals surface area contributed by atoms with Crippen molar-refractivity contribution in [2.24, 2.45) is 5.92 Å². The first-order valence-electron chi connectivity index (χ1n) is 8.93. The quantitative estimate of drug-likeness (QED) is 0.794. The van der Waals surface area contributed by atoms with Crippen molar-refractivity contribution in [2.45, 2.75) is 38.9 Å². The van der Waals surface area contributed by atoms with E-state index in [4.69, 9.17) is 9.47 Å². The lowest BCUT2D eigenvalue weighted by molar-refractivity contribution is -0.131. The van der Waals surface area contributed by atoms with E-state index in [1.807, 2.05) is 11.0 Å². The van der Waals surface area contributed by atoms with Gasteiger partial charge in [0.15, 0.2) is 6.29 Å². The molecule has 2 heterocycles. The molecule has 0 N–H and O–H groups in total. The van der Waals surface area contributed by atoms with Crippen LogP contribution in [0, 0.1) is 5.92 Å². The second kappa shape index (κ2) is 7.95. The van der Waals surface area contributed by atoms with Crippen LogP contribution in [0.2, 0.25) is 0 Å². The van der Waals surface area contributed by atoms with Gasteiger partial charge in [0.25, 0.3) is 0 Å². The largest absolute Gasteiger partial charge is 0.350 e. The summed E-state index contributed by atoms with van der Waals surface area (Å²) in [5.74, 6) is 1.04. The average molecular weight is 329 g/mol. The molecule has 2 aliphatic heterocycles. The summed E-state index contributed by atoms with van der Waals surface area (Å²) in [6.45, 7) is 7.32. The predicted octanol–water partition coefficient (Wildman–Crippen LogP) is 3.43. The van der Waals surface area contributed by atoms with E-state index in [2.05, 4.69) is 38.1 Å². The van der Waals surface area contributed by atoms with Crippen molar-refractivity contribution in [2.75, 3.05) is 26.3 Å². The van der Waals surface area contributed by atoms with Gasteiger partial charge in [-0.3, -0.25) is 4.79 Å². The SMILES string of the molecule is CC(C)c1ccc(/C=C/C(=O)N2CCC(C3OCCO3)CC2)cc1. The highest BCUT2D eigenvalue weighted by Crippen LogP contribution is 2.26. The molecule has 2 saturated heterocycles. The lowest BCUT2D eigenvalue weighted by atomic mass is 9.96. The van der Waals surface area contributed by atoms with Gasteiger partial charge in [0.05, 0.1) is 13.2 Å². The number of amides is 1. The Morgan fingerprint density at radius 2 is 1.75 bits per heavy atom. The van der Waals surface area contributed by atoms with Gasteiger partial charge in [0.2, 0.25) is 5.91 Å². The van der Waals surface area contributed by atoms with E-state index >= 15 is 0 Å². The van der Waals surface area contributed by atoms with Crippen molar-refractivity contribution in [1.82, 2.24) is 4.90 Å². The fourth-order valence-electron chi connectivity index (χ4n) is 3.31. The van der Waals surface area contributed by atoms with Crippen LogP contribution in [0.4, 0.5) is 0 Å². The highest BCUT2D eigenvalue weighted by Gasteiger charge is 2.31. The Morgan fingerprint density at radius 3 is 2.33 bits per heavy atom. The lowest BCUT2D eigenvalue weighted by Gasteiger charge is -2.33. The van der Waals surface area contributed by atoms with Gasteiger partial charge >= 0.3 is 0 Å². The zero-order valence-corrected chi connectivity index (χ0v) is 14.6. The van der Waals surface area contributed by atoms with Crippen LogP contribution in [-0.2, 0) is 14.3 Å². The Labute approximate surface area is 144 Å². The van der Waals surface area contributed by atoms with E-state index in [0.717, 1.165) is 31.5 Å². The zero-order valence-electron chi connectivity index (χ0n) is 14.6. The molecule has 0 unspecified atom stereocenters. The number of carbonyl (C=O) groups is 1. The van der Waals surface area contributed by atoms with Crippen molar-refractivity contribution in [1.29, 1.82) is 0 Å². The summed E-state index contributed by atoms with van der Waals surface area (Å²) in [5, 5.41) is 0. The first-order valence-corrected chi connectivity index (χ1v) is 8.93. The maximum absolute atomic E-state index is 12.4. The summed E-state index contributed by atoms with van der Waals surface area (Å²) >= 11 is 0. The fourth-order valence-corrected chi connectivity index (χ4v) is 3.31. The van der Waals surface area contributed by atoms with Crippen molar-refractivity contribution in [3.63, 3.8) is 0 Å². The summed E-state index contributed by atoms with van der Waals surface area (Å²) < 4.78 is 11.2. The average Bonchev–Trinajstić information content (AvgIpc) is 3.15. The normalized spacial score (nSPS) is 20.4. The minimum Gasteiger partial charge on any atom is -0.350 e. The molecule has 24 heavy (non-hydrogen) atoms. The zero-order chi connectivity index (χ0) is 16.9. The maximum Gasteiger partial charge on any atom is 0.246 e. The number of likely N-dealkylation sites (tertiary alicyclic amines) is 1. The fraction of sp³-hybridized carbons (Fsp3) is 0.550. The number of ether oxygens (including phenoxy) is 2. The predicted molar refractivity (Wildman–Crippen MR) is 94.6 cm³/mol. The second-order valence-corrected chi connectivity index (χ2v) is 6.93. The van der Waals surface area contributed by atoms with Gasteiger partial charge in [-0.2, -0.15) is 0 Å². The Balaban J connectivity index is 1.50. The lowest BCUT2D eigenvalue weighted by Crippen LogP contribution is -2.40. The summed E-state index contributed by atoms with van der Waals surface area (Å²) in [4.78, 5) is 14.3. The van der Waals surface area contributed by atoms with Crippen LogP contribution in [0.3, 0.4) is 0 Å². The molecule has 1 aromatic rings. The molecule has 4 heteroatoms. The highest BCUT2D eigenvalue weighted by atomic mass is 16.7. The van der Waals surface area contributed by atoms with E-state index < -0.39 is 0 Å². The molecular formula is C20H27NO3. The molecule has 1 aromatic carbocycles. The van der Waals surface area contributed by atoms with Crippen LogP contribution in [-0.4, -0.2) is 43.4 Å². The van der Waals surface area contributed by atoms with Crippen LogP contribution >= 0.6 is 0 Å². The molecule has 0 aromatic heterocycles. The molecule has 0 spiro atoms. The molecule has 2 aliphatic rings. The van der Waals surface area contributed by atoms with E-state index in [9.17, 15) is 4.79 Å². The molecule has 1 amide bonds. The number of carbonyl (C=O) groups excluding carboxylic acids is 1. The molecule has 4 nitrogen and oxygen atoms in total. The summed E-state index contributed by atoms with van der Waals surface area (Å²) in [7, 11) is 0. The van der Waals surface area contributed by atoms with E-state index in [1.54, 1.807) is 6.08 Å². The molecule has 0 saturated carbocycles. The van der Waals surface area contributed by atoms with Crippen LogP contribution < -0.4 is 0 Å². The first kappa shape index (κ1) is 17.2. The molecule has 0 atom stereocenters. The Hall–Kier alpha value is -1.65. The summed E-state index contributed by atoms with van der Waals surface area (Å²) in [6, 6.07) is 8.39. The first-order chi connectivity index (χ1) is 11.6. The second-order valence-electron chi connectivity index (χ2n) is 6.93. The van der Waals surface area contributed by atoms with Crippen LogP contribution in [0.1, 0.15) is 43.7 Å². The number of hydrogen-bond donors (Lipinski definition) is 0. The Kier molecular flexibility index (Phi) is 5.69. The van der Waals surface area contributed by atoms with Crippen molar-refractivity contribution < 1.29 is 14.3 Å².